The highest BCUT2D eigenvalue weighted by Crippen LogP contribution is 2.29. The standard InChI is InChI=1S/C21H25FN4O/c22-17-6-4-16(5-7-17)20-21(27)24-11-14-26(20)19-8-12-25(13-9-19)15-18-3-1-2-10-23-18/h1-7,10,19-20H,8-9,11-15H2,(H,24,27). The SMILES string of the molecule is O=C1NCCN(C2CCN(Cc3ccccn3)CC2)C1c1ccc(F)cc1. The second-order valence-electron chi connectivity index (χ2n) is 7.31. The highest BCUT2D eigenvalue weighted by Gasteiger charge is 2.36. The summed E-state index contributed by atoms with van der Waals surface area (Å²) in [5.74, 6) is -0.256. The Morgan fingerprint density at radius 3 is 2.56 bits per heavy atom. The number of hydrogen-bond acceptors (Lipinski definition) is 4. The van der Waals surface area contributed by atoms with Crippen LogP contribution in [0, 0.1) is 5.82 Å². The summed E-state index contributed by atoms with van der Waals surface area (Å²) in [5, 5.41) is 2.96. The number of carbonyl (C=O) groups excluding carboxylic acids is 1. The zero-order chi connectivity index (χ0) is 18.6. The zero-order valence-electron chi connectivity index (χ0n) is 15.4. The number of nitrogens with zero attached hydrogens (tertiary/aromatic N) is 3. The maximum atomic E-state index is 13.3. The van der Waals surface area contributed by atoms with Crippen molar-refractivity contribution in [3.05, 3.63) is 65.7 Å². The quantitative estimate of drug-likeness (QED) is 0.900. The van der Waals surface area contributed by atoms with Gasteiger partial charge in [0, 0.05) is 45.0 Å². The van der Waals surface area contributed by atoms with Crippen molar-refractivity contribution in [2.75, 3.05) is 26.2 Å². The van der Waals surface area contributed by atoms with Crippen LogP contribution < -0.4 is 5.32 Å². The molecule has 3 heterocycles. The van der Waals surface area contributed by atoms with Gasteiger partial charge in [-0.1, -0.05) is 18.2 Å². The van der Waals surface area contributed by atoms with E-state index < -0.39 is 0 Å². The van der Waals surface area contributed by atoms with Crippen LogP contribution in [0.15, 0.2) is 48.7 Å². The largest absolute Gasteiger partial charge is 0.353 e. The maximum Gasteiger partial charge on any atom is 0.242 e. The summed E-state index contributed by atoms with van der Waals surface area (Å²) in [4.78, 5) is 21.7. The predicted octanol–water partition coefficient (Wildman–Crippen LogP) is 2.36. The summed E-state index contributed by atoms with van der Waals surface area (Å²) in [5.41, 5.74) is 1.96. The molecule has 6 heteroatoms. The topological polar surface area (TPSA) is 48.5 Å². The Kier molecular flexibility index (Phi) is 5.45. The molecule has 5 nitrogen and oxygen atoms in total. The third-order valence-corrected chi connectivity index (χ3v) is 5.57. The Bertz CT molecular complexity index is 760. The van der Waals surface area contributed by atoms with E-state index in [2.05, 4.69) is 26.2 Å². The number of rotatable bonds is 4. The fraction of sp³-hybridized carbons (Fsp3) is 0.429. The maximum absolute atomic E-state index is 13.3. The monoisotopic (exact) mass is 368 g/mol. The molecule has 1 N–H and O–H groups in total. The van der Waals surface area contributed by atoms with Crippen molar-refractivity contribution in [1.29, 1.82) is 0 Å². The first-order valence-corrected chi connectivity index (χ1v) is 9.62. The summed E-state index contributed by atoms with van der Waals surface area (Å²) in [7, 11) is 0. The number of halogens is 1. The summed E-state index contributed by atoms with van der Waals surface area (Å²) < 4.78 is 13.3. The molecule has 0 saturated carbocycles. The molecule has 0 radical (unpaired) electrons. The van der Waals surface area contributed by atoms with Crippen molar-refractivity contribution in [1.82, 2.24) is 20.1 Å². The van der Waals surface area contributed by atoms with Crippen molar-refractivity contribution in [3.63, 3.8) is 0 Å². The fourth-order valence-corrected chi connectivity index (χ4v) is 4.20. The average Bonchev–Trinajstić information content (AvgIpc) is 2.70. The van der Waals surface area contributed by atoms with Gasteiger partial charge in [-0.2, -0.15) is 0 Å². The van der Waals surface area contributed by atoms with E-state index in [0.29, 0.717) is 12.6 Å². The van der Waals surface area contributed by atoms with E-state index in [1.54, 1.807) is 12.1 Å². The molecule has 1 unspecified atom stereocenters. The van der Waals surface area contributed by atoms with Gasteiger partial charge < -0.3 is 5.32 Å². The number of pyridine rings is 1. The van der Waals surface area contributed by atoms with Crippen molar-refractivity contribution >= 4 is 5.91 Å². The Hall–Kier alpha value is -2.31. The lowest BCUT2D eigenvalue weighted by molar-refractivity contribution is -0.131. The van der Waals surface area contributed by atoms with E-state index in [9.17, 15) is 9.18 Å². The molecule has 1 aromatic carbocycles. The van der Waals surface area contributed by atoms with Gasteiger partial charge in [0.2, 0.25) is 5.91 Å². The number of amides is 1. The molecule has 142 valence electrons. The van der Waals surface area contributed by atoms with Gasteiger partial charge in [0.1, 0.15) is 11.9 Å². The highest BCUT2D eigenvalue weighted by atomic mass is 19.1. The molecule has 2 saturated heterocycles. The van der Waals surface area contributed by atoms with E-state index in [0.717, 1.165) is 50.3 Å². The Balaban J connectivity index is 1.42. The van der Waals surface area contributed by atoms with E-state index in [-0.39, 0.29) is 17.8 Å². The Morgan fingerprint density at radius 2 is 1.85 bits per heavy atom. The van der Waals surface area contributed by atoms with E-state index in [4.69, 9.17) is 0 Å². The Morgan fingerprint density at radius 1 is 1.07 bits per heavy atom. The van der Waals surface area contributed by atoms with E-state index >= 15 is 0 Å². The van der Waals surface area contributed by atoms with Crippen LogP contribution in [0.25, 0.3) is 0 Å². The van der Waals surface area contributed by atoms with Gasteiger partial charge in [0.05, 0.1) is 5.69 Å². The molecule has 0 bridgehead atoms. The molecule has 1 amide bonds. The molecule has 2 aromatic rings. The molecule has 2 fully saturated rings. The molecular weight excluding hydrogens is 343 g/mol. The van der Waals surface area contributed by atoms with Gasteiger partial charge in [0.25, 0.3) is 0 Å². The van der Waals surface area contributed by atoms with Gasteiger partial charge >= 0.3 is 0 Å². The number of aromatic nitrogens is 1. The average molecular weight is 368 g/mol. The Labute approximate surface area is 159 Å². The summed E-state index contributed by atoms with van der Waals surface area (Å²) in [6.07, 6.45) is 3.89. The smallest absolute Gasteiger partial charge is 0.242 e. The first-order valence-electron chi connectivity index (χ1n) is 9.62. The van der Waals surface area contributed by atoms with Crippen LogP contribution in [0.1, 0.15) is 30.1 Å². The number of benzene rings is 1. The second kappa shape index (κ2) is 8.15. The van der Waals surface area contributed by atoms with Gasteiger partial charge in [-0.05, 0) is 42.7 Å². The number of piperidine rings is 1. The van der Waals surface area contributed by atoms with Crippen molar-refractivity contribution in [2.24, 2.45) is 0 Å². The lowest BCUT2D eigenvalue weighted by Crippen LogP contribution is -2.55. The minimum Gasteiger partial charge on any atom is -0.353 e. The van der Waals surface area contributed by atoms with E-state index in [1.165, 1.54) is 12.1 Å². The van der Waals surface area contributed by atoms with Crippen LogP contribution in [-0.2, 0) is 11.3 Å². The number of likely N-dealkylation sites (tertiary alicyclic amines) is 1. The summed E-state index contributed by atoms with van der Waals surface area (Å²) in [6, 6.07) is 12.4. The van der Waals surface area contributed by atoms with Crippen molar-refractivity contribution < 1.29 is 9.18 Å². The number of hydrogen-bond donors (Lipinski definition) is 1. The zero-order valence-corrected chi connectivity index (χ0v) is 15.4. The minimum atomic E-state index is -0.327. The van der Waals surface area contributed by atoms with Crippen LogP contribution in [0.5, 0.6) is 0 Å². The fourth-order valence-electron chi connectivity index (χ4n) is 4.20. The molecule has 2 aliphatic rings. The van der Waals surface area contributed by atoms with Crippen LogP contribution in [0.3, 0.4) is 0 Å². The lowest BCUT2D eigenvalue weighted by atomic mass is 9.95. The normalized spacial score (nSPS) is 22.6. The van der Waals surface area contributed by atoms with Crippen LogP contribution >= 0.6 is 0 Å². The predicted molar refractivity (Wildman–Crippen MR) is 101 cm³/mol. The van der Waals surface area contributed by atoms with Gasteiger partial charge in [-0.25, -0.2) is 4.39 Å². The molecule has 27 heavy (non-hydrogen) atoms. The number of piperazine rings is 1. The first kappa shape index (κ1) is 18.1. The molecule has 0 aliphatic carbocycles. The van der Waals surface area contributed by atoms with Crippen LogP contribution in [0.2, 0.25) is 0 Å². The van der Waals surface area contributed by atoms with Crippen LogP contribution in [-0.4, -0.2) is 52.9 Å². The van der Waals surface area contributed by atoms with Crippen LogP contribution in [0.4, 0.5) is 4.39 Å². The number of carbonyl (C=O) groups is 1. The highest BCUT2D eigenvalue weighted by molar-refractivity contribution is 5.84. The van der Waals surface area contributed by atoms with Crippen molar-refractivity contribution in [3.8, 4) is 0 Å². The molecule has 4 rings (SSSR count). The lowest BCUT2D eigenvalue weighted by Gasteiger charge is -2.44. The van der Waals surface area contributed by atoms with E-state index in [1.807, 2.05) is 18.3 Å². The molecule has 1 atom stereocenters. The molecule has 2 aliphatic heterocycles. The first-order chi connectivity index (χ1) is 13.2. The summed E-state index contributed by atoms with van der Waals surface area (Å²) >= 11 is 0. The molecular formula is C21H25FN4O. The summed E-state index contributed by atoms with van der Waals surface area (Å²) in [6.45, 7) is 4.36. The van der Waals surface area contributed by atoms with Crippen molar-refractivity contribution in [2.45, 2.75) is 31.5 Å². The number of nitrogens with one attached hydrogen (secondary N) is 1. The second-order valence-corrected chi connectivity index (χ2v) is 7.31. The minimum absolute atomic E-state index is 0.0174. The molecule has 1 aromatic heterocycles. The third kappa shape index (κ3) is 4.17. The van der Waals surface area contributed by atoms with Gasteiger partial charge in [-0.3, -0.25) is 19.6 Å². The third-order valence-electron chi connectivity index (χ3n) is 5.57. The van der Waals surface area contributed by atoms with Gasteiger partial charge in [0.15, 0.2) is 0 Å². The van der Waals surface area contributed by atoms with Gasteiger partial charge in [-0.15, -0.1) is 0 Å². The molecule has 0 spiro atoms.